The van der Waals surface area contributed by atoms with E-state index in [-0.39, 0.29) is 40.6 Å². The number of carbonyl (C=O) groups is 3. The lowest BCUT2D eigenvalue weighted by atomic mass is 10.0. The first-order valence-corrected chi connectivity index (χ1v) is 21.8. The third-order valence-electron chi connectivity index (χ3n) is 10.6. The van der Waals surface area contributed by atoms with Crippen molar-refractivity contribution < 1.29 is 27.6 Å². The summed E-state index contributed by atoms with van der Waals surface area (Å²) in [5, 5.41) is 49.4. The maximum atomic E-state index is 13.6. The predicted molar refractivity (Wildman–Crippen MR) is 238 cm³/mol. The standard InChI is InChI=1S/C48H42N12O4S/c1-3-10-43(33-13-8-16-41(21-33)60-57-39(28-65-60)20-36(25-50)46(61)54-42(4-2)31-11-6-5-7-12-31)55-47(62)37(26-51)23-44-58-59(30-64-44)40-15-9-14-34(22-40)45(32-17-18-32)56-48(63)35(24-49)19-38-27-52-29-53-38/h5-9,11-16,19-23,27-30,32,42-43,45H,3-4,10,17-18H2,1-2H3,(H2-2,52,53,54,55,56,61,62,63)/p+2. The molecule has 16 nitrogen and oxygen atoms in total. The molecule has 6 aromatic rings. The molecule has 4 N–H and O–H groups in total. The molecule has 3 aromatic heterocycles. The SMILES string of the molecule is CCCC(NC(=O)C(C#N)=Cc1n[n+](-c2cccc(C(NC(=O)C(C#N)=Cc3cnc[nH]3)C3CC3)c2)co1)c1cccc(-[n+]2nc(C=C(C#N)C(=O)NC(CC)c3ccccc3)cs2)c1. The molecule has 1 aliphatic rings. The molecule has 17 heteroatoms. The first kappa shape index (κ1) is 44.7. The third kappa shape index (κ3) is 11.4. The number of imidazole rings is 1. The van der Waals surface area contributed by atoms with Crippen LogP contribution in [0.2, 0.25) is 0 Å². The quantitative estimate of drug-likeness (QED) is 0.0426. The zero-order chi connectivity index (χ0) is 45.7. The number of hydrogen-bond acceptors (Lipinski definition) is 11. The first-order chi connectivity index (χ1) is 31.7. The molecule has 7 rings (SSSR count). The van der Waals surface area contributed by atoms with Crippen molar-refractivity contribution in [2.45, 2.75) is 64.1 Å². The Morgan fingerprint density at radius 1 is 0.800 bits per heavy atom. The molecule has 65 heavy (non-hydrogen) atoms. The minimum Gasteiger partial charge on any atom is -0.384 e. The summed E-state index contributed by atoms with van der Waals surface area (Å²) in [4.78, 5) is 46.7. The summed E-state index contributed by atoms with van der Waals surface area (Å²) in [5.74, 6) is -1.38. The van der Waals surface area contributed by atoms with Crippen molar-refractivity contribution in [3.8, 4) is 29.6 Å². The van der Waals surface area contributed by atoms with Crippen molar-refractivity contribution in [1.82, 2.24) is 36.1 Å². The molecule has 3 unspecified atom stereocenters. The highest BCUT2D eigenvalue weighted by atomic mass is 32.1. The van der Waals surface area contributed by atoms with Gasteiger partial charge in [0, 0.05) is 44.6 Å². The van der Waals surface area contributed by atoms with Gasteiger partial charge in [0.25, 0.3) is 29.3 Å². The van der Waals surface area contributed by atoms with Gasteiger partial charge in [-0.05, 0) is 65.1 Å². The lowest BCUT2D eigenvalue weighted by Crippen LogP contribution is -2.34. The van der Waals surface area contributed by atoms with Crippen LogP contribution in [-0.4, -0.2) is 37.9 Å². The van der Waals surface area contributed by atoms with Gasteiger partial charge in [0.15, 0.2) is 11.5 Å². The summed E-state index contributed by atoms with van der Waals surface area (Å²) >= 11 is 1.28. The van der Waals surface area contributed by atoms with E-state index in [1.54, 1.807) is 9.45 Å². The van der Waals surface area contributed by atoms with Crippen LogP contribution in [0.5, 0.6) is 0 Å². The van der Waals surface area contributed by atoms with Gasteiger partial charge in [0.05, 0.1) is 41.7 Å². The zero-order valence-electron chi connectivity index (χ0n) is 35.5. The Bertz CT molecular complexity index is 2890. The van der Waals surface area contributed by atoms with E-state index in [1.165, 1.54) is 53.4 Å². The lowest BCUT2D eigenvalue weighted by molar-refractivity contribution is -0.660. The van der Waals surface area contributed by atoms with E-state index >= 15 is 0 Å². The van der Waals surface area contributed by atoms with Gasteiger partial charge in [0.1, 0.15) is 40.6 Å². The number of aromatic amines is 1. The van der Waals surface area contributed by atoms with Crippen LogP contribution in [-0.2, 0) is 14.4 Å². The van der Waals surface area contributed by atoms with E-state index < -0.39 is 23.8 Å². The van der Waals surface area contributed by atoms with Gasteiger partial charge in [-0.2, -0.15) is 15.8 Å². The number of nitrogens with zero attached hydrogens (tertiary/aromatic N) is 8. The molecule has 3 atom stereocenters. The molecular weight excluding hydrogens is 841 g/mol. The second-order valence-electron chi connectivity index (χ2n) is 15.2. The van der Waals surface area contributed by atoms with Crippen LogP contribution in [0.15, 0.2) is 124 Å². The minimum atomic E-state index is -0.612. The highest BCUT2D eigenvalue weighted by molar-refractivity contribution is 6.99. The maximum absolute atomic E-state index is 13.6. The van der Waals surface area contributed by atoms with Crippen LogP contribution in [0.1, 0.15) is 98.0 Å². The number of H-pyrrole nitrogens is 1. The van der Waals surface area contributed by atoms with E-state index in [1.807, 2.05) is 111 Å². The number of nitriles is 3. The second kappa shape index (κ2) is 21.2. The van der Waals surface area contributed by atoms with Crippen LogP contribution >= 0.6 is 11.5 Å². The Morgan fingerprint density at radius 3 is 2.12 bits per heavy atom. The van der Waals surface area contributed by atoms with Gasteiger partial charge in [-0.3, -0.25) is 14.4 Å². The number of carbonyl (C=O) groups excluding carboxylic acids is 3. The summed E-state index contributed by atoms with van der Waals surface area (Å²) in [6.07, 6.45) is 12.3. The molecular formula is C48H44N12O4S+2. The summed E-state index contributed by atoms with van der Waals surface area (Å²) in [7, 11) is 0. The van der Waals surface area contributed by atoms with Crippen LogP contribution in [0.25, 0.3) is 29.6 Å². The molecule has 0 saturated heterocycles. The molecule has 0 radical (unpaired) electrons. The van der Waals surface area contributed by atoms with E-state index in [9.17, 15) is 30.2 Å². The number of aromatic nitrogens is 6. The van der Waals surface area contributed by atoms with Crippen LogP contribution in [0.3, 0.4) is 0 Å². The Kier molecular flexibility index (Phi) is 14.6. The van der Waals surface area contributed by atoms with Crippen LogP contribution in [0, 0.1) is 39.9 Å². The van der Waals surface area contributed by atoms with Crippen molar-refractivity contribution in [3.63, 3.8) is 0 Å². The fourth-order valence-corrected chi connectivity index (χ4v) is 7.83. The molecule has 0 aliphatic heterocycles. The van der Waals surface area contributed by atoms with Crippen molar-refractivity contribution in [2.75, 3.05) is 0 Å². The van der Waals surface area contributed by atoms with E-state index in [4.69, 9.17) is 4.42 Å². The smallest absolute Gasteiger partial charge is 0.368 e. The van der Waals surface area contributed by atoms with E-state index in [0.717, 1.165) is 36.0 Å². The van der Waals surface area contributed by atoms with Crippen molar-refractivity contribution >= 4 is 47.5 Å². The van der Waals surface area contributed by atoms with E-state index in [2.05, 4.69) is 36.1 Å². The highest BCUT2D eigenvalue weighted by Gasteiger charge is 2.35. The summed E-state index contributed by atoms with van der Waals surface area (Å²) in [6.45, 7) is 3.96. The van der Waals surface area contributed by atoms with Gasteiger partial charge in [0.2, 0.25) is 5.69 Å². The largest absolute Gasteiger partial charge is 0.384 e. The first-order valence-electron chi connectivity index (χ1n) is 21.0. The number of rotatable bonds is 18. The molecule has 0 spiro atoms. The summed E-state index contributed by atoms with van der Waals surface area (Å²) < 4.78 is 8.81. The fourth-order valence-electron chi connectivity index (χ4n) is 7.13. The lowest BCUT2D eigenvalue weighted by Gasteiger charge is -2.18. The van der Waals surface area contributed by atoms with Crippen LogP contribution in [0.4, 0.5) is 0 Å². The summed E-state index contributed by atoms with van der Waals surface area (Å²) in [6, 6.07) is 29.3. The predicted octanol–water partition coefficient (Wildman–Crippen LogP) is 6.32. The zero-order valence-corrected chi connectivity index (χ0v) is 36.3. The molecule has 1 aliphatic carbocycles. The van der Waals surface area contributed by atoms with Crippen molar-refractivity contribution in [3.05, 3.63) is 154 Å². The Balaban J connectivity index is 1.03. The second-order valence-corrected chi connectivity index (χ2v) is 16.0. The maximum Gasteiger partial charge on any atom is 0.368 e. The molecule has 1 fully saturated rings. The van der Waals surface area contributed by atoms with Crippen LogP contribution < -0.4 is 24.7 Å². The number of amides is 3. The number of benzene rings is 3. The monoisotopic (exact) mass is 884 g/mol. The molecule has 0 bridgehead atoms. The van der Waals surface area contributed by atoms with Gasteiger partial charge in [-0.15, -0.1) is 0 Å². The van der Waals surface area contributed by atoms with Gasteiger partial charge >= 0.3 is 6.39 Å². The van der Waals surface area contributed by atoms with Crippen molar-refractivity contribution in [2.24, 2.45) is 5.92 Å². The molecule has 3 aromatic carbocycles. The third-order valence-corrected chi connectivity index (χ3v) is 11.4. The van der Waals surface area contributed by atoms with Crippen molar-refractivity contribution in [1.29, 1.82) is 15.8 Å². The molecule has 1 saturated carbocycles. The molecule has 3 amide bonds. The average molecular weight is 885 g/mol. The van der Waals surface area contributed by atoms with E-state index in [0.29, 0.717) is 35.6 Å². The van der Waals surface area contributed by atoms with Gasteiger partial charge < -0.3 is 25.4 Å². The summed E-state index contributed by atoms with van der Waals surface area (Å²) in [5.41, 5.74) is 4.49. The Morgan fingerprint density at radius 2 is 1.45 bits per heavy atom. The Labute approximate surface area is 379 Å². The fraction of sp³-hybridized carbons (Fsp3) is 0.229. The highest BCUT2D eigenvalue weighted by Crippen LogP contribution is 2.41. The van der Waals surface area contributed by atoms with Gasteiger partial charge in [-0.25, -0.2) is 4.98 Å². The Hall–Kier alpha value is -8.33. The van der Waals surface area contributed by atoms with Gasteiger partial charge in [-0.1, -0.05) is 74.9 Å². The topological polar surface area (TPSA) is 234 Å². The normalized spacial score (nSPS) is 14.2. The molecule has 324 valence electrons. The number of hydrogen-bond donors (Lipinski definition) is 4. The minimum absolute atomic E-state index is 0.0224. The molecule has 3 heterocycles. The number of nitrogens with one attached hydrogen (secondary N) is 4. The average Bonchev–Trinajstić information content (AvgIpc) is 3.64.